The quantitative estimate of drug-likeness (QED) is 0.703. The van der Waals surface area contributed by atoms with E-state index >= 15 is 0 Å². The number of nitrogens with zero attached hydrogens (tertiary/aromatic N) is 2. The number of fused-ring (bicyclic) bond motifs is 1. The molecule has 3 rings (SSSR count). The van der Waals surface area contributed by atoms with Crippen LogP contribution in [0.2, 0.25) is 5.02 Å². The van der Waals surface area contributed by atoms with Crippen LogP contribution in [-0.2, 0) is 7.05 Å². The second kappa shape index (κ2) is 4.55. The molecule has 0 radical (unpaired) electrons. The molecular formula is C14H10ClFN2O. The lowest BCUT2D eigenvalue weighted by molar-refractivity contribution is 0.477. The largest absolute Gasteiger partial charge is 0.457 e. The Balaban J connectivity index is 1.95. The SMILES string of the molecule is Cn1cnc2ccc(Oc3ccc(Cl)c(F)c3)cc21. The molecule has 0 spiro atoms. The number of aromatic nitrogens is 2. The van der Waals surface area contributed by atoms with E-state index in [2.05, 4.69) is 4.98 Å². The molecule has 19 heavy (non-hydrogen) atoms. The molecular weight excluding hydrogens is 267 g/mol. The van der Waals surface area contributed by atoms with Crippen LogP contribution in [-0.4, -0.2) is 9.55 Å². The van der Waals surface area contributed by atoms with Crippen molar-refractivity contribution >= 4 is 22.6 Å². The minimum atomic E-state index is -0.499. The van der Waals surface area contributed by atoms with E-state index in [0.29, 0.717) is 11.5 Å². The normalized spacial score (nSPS) is 10.9. The Hall–Kier alpha value is -2.07. The maximum atomic E-state index is 13.3. The van der Waals surface area contributed by atoms with Crippen molar-refractivity contribution in [2.75, 3.05) is 0 Å². The zero-order valence-corrected chi connectivity index (χ0v) is 10.9. The first-order chi connectivity index (χ1) is 9.13. The number of ether oxygens (including phenoxy) is 1. The summed E-state index contributed by atoms with van der Waals surface area (Å²) in [4.78, 5) is 4.22. The number of imidazole rings is 1. The highest BCUT2D eigenvalue weighted by atomic mass is 35.5. The first-order valence-electron chi connectivity index (χ1n) is 5.67. The topological polar surface area (TPSA) is 27.1 Å². The molecule has 0 unspecified atom stereocenters. The molecule has 96 valence electrons. The summed E-state index contributed by atoms with van der Waals surface area (Å²) in [5.41, 5.74) is 1.84. The number of hydrogen-bond acceptors (Lipinski definition) is 2. The number of aryl methyl sites for hydroxylation is 1. The van der Waals surface area contributed by atoms with Gasteiger partial charge in [0.25, 0.3) is 0 Å². The van der Waals surface area contributed by atoms with Crippen molar-refractivity contribution in [1.29, 1.82) is 0 Å². The molecule has 1 heterocycles. The van der Waals surface area contributed by atoms with Crippen LogP contribution in [0.25, 0.3) is 11.0 Å². The van der Waals surface area contributed by atoms with E-state index in [1.807, 2.05) is 23.7 Å². The number of rotatable bonds is 2. The standard InChI is InChI=1S/C14H10ClFN2O/c1-18-8-17-13-5-3-10(7-14(13)18)19-9-2-4-11(15)12(16)6-9/h2-8H,1H3. The van der Waals surface area contributed by atoms with Gasteiger partial charge in [-0.05, 0) is 24.3 Å². The molecule has 1 aromatic heterocycles. The monoisotopic (exact) mass is 276 g/mol. The Morgan fingerprint density at radius 1 is 1.16 bits per heavy atom. The van der Waals surface area contributed by atoms with Gasteiger partial charge in [0.05, 0.1) is 22.4 Å². The van der Waals surface area contributed by atoms with Gasteiger partial charge in [-0.25, -0.2) is 9.37 Å². The summed E-state index contributed by atoms with van der Waals surface area (Å²) in [6.07, 6.45) is 1.73. The van der Waals surface area contributed by atoms with Crippen LogP contribution in [0.4, 0.5) is 4.39 Å². The third kappa shape index (κ3) is 2.27. The first kappa shape index (κ1) is 12.0. The zero-order chi connectivity index (χ0) is 13.4. The van der Waals surface area contributed by atoms with Crippen molar-refractivity contribution in [2.24, 2.45) is 7.05 Å². The van der Waals surface area contributed by atoms with Crippen LogP contribution in [0.1, 0.15) is 0 Å². The molecule has 0 aliphatic rings. The summed E-state index contributed by atoms with van der Waals surface area (Å²) in [6, 6.07) is 9.86. The third-order valence-corrected chi connectivity index (χ3v) is 3.13. The average Bonchev–Trinajstić information content (AvgIpc) is 2.76. The molecule has 0 bridgehead atoms. The number of hydrogen-bond donors (Lipinski definition) is 0. The Labute approximate surface area is 114 Å². The second-order valence-corrected chi connectivity index (χ2v) is 4.59. The molecule has 0 saturated carbocycles. The van der Waals surface area contributed by atoms with Crippen molar-refractivity contribution in [3.8, 4) is 11.5 Å². The summed E-state index contributed by atoms with van der Waals surface area (Å²) in [6.45, 7) is 0. The lowest BCUT2D eigenvalue weighted by atomic mass is 10.3. The van der Waals surface area contributed by atoms with Gasteiger partial charge in [0, 0.05) is 19.2 Å². The van der Waals surface area contributed by atoms with Crippen LogP contribution in [0, 0.1) is 5.82 Å². The highest BCUT2D eigenvalue weighted by Gasteiger charge is 2.05. The summed E-state index contributed by atoms with van der Waals surface area (Å²) < 4.78 is 20.8. The molecule has 5 heteroatoms. The van der Waals surface area contributed by atoms with E-state index in [1.165, 1.54) is 12.1 Å². The van der Waals surface area contributed by atoms with E-state index < -0.39 is 5.82 Å². The van der Waals surface area contributed by atoms with Crippen molar-refractivity contribution in [3.63, 3.8) is 0 Å². The summed E-state index contributed by atoms with van der Waals surface area (Å²) in [5, 5.41) is 0.0782. The van der Waals surface area contributed by atoms with Crippen molar-refractivity contribution < 1.29 is 9.13 Å². The smallest absolute Gasteiger partial charge is 0.145 e. The van der Waals surface area contributed by atoms with Crippen molar-refractivity contribution in [3.05, 3.63) is 53.6 Å². The van der Waals surface area contributed by atoms with Crippen molar-refractivity contribution in [1.82, 2.24) is 9.55 Å². The van der Waals surface area contributed by atoms with Crippen LogP contribution >= 0.6 is 11.6 Å². The van der Waals surface area contributed by atoms with Crippen LogP contribution < -0.4 is 4.74 Å². The van der Waals surface area contributed by atoms with E-state index in [9.17, 15) is 4.39 Å². The zero-order valence-electron chi connectivity index (χ0n) is 10.1. The predicted molar refractivity (Wildman–Crippen MR) is 72.2 cm³/mol. The number of benzene rings is 2. The highest BCUT2D eigenvalue weighted by Crippen LogP contribution is 2.27. The predicted octanol–water partition coefficient (Wildman–Crippen LogP) is 4.16. The fourth-order valence-corrected chi connectivity index (χ4v) is 1.96. The third-order valence-electron chi connectivity index (χ3n) is 2.82. The van der Waals surface area contributed by atoms with Gasteiger partial charge in [-0.3, -0.25) is 0 Å². The lowest BCUT2D eigenvalue weighted by Gasteiger charge is -2.06. The van der Waals surface area contributed by atoms with Crippen molar-refractivity contribution in [2.45, 2.75) is 0 Å². The fraction of sp³-hybridized carbons (Fsp3) is 0.0714. The molecule has 0 aliphatic carbocycles. The molecule has 3 nitrogen and oxygen atoms in total. The molecule has 0 saturated heterocycles. The van der Waals surface area contributed by atoms with Gasteiger partial charge in [0.15, 0.2) is 0 Å². The Morgan fingerprint density at radius 3 is 2.68 bits per heavy atom. The molecule has 0 aliphatic heterocycles. The maximum Gasteiger partial charge on any atom is 0.145 e. The van der Waals surface area contributed by atoms with Gasteiger partial charge < -0.3 is 9.30 Å². The van der Waals surface area contributed by atoms with Crippen LogP contribution in [0.3, 0.4) is 0 Å². The minimum absolute atomic E-state index is 0.0782. The van der Waals surface area contributed by atoms with E-state index in [-0.39, 0.29) is 5.02 Å². The molecule has 0 atom stereocenters. The molecule has 0 amide bonds. The Bertz CT molecular complexity index is 754. The van der Waals surface area contributed by atoms with Crippen LogP contribution in [0.5, 0.6) is 11.5 Å². The van der Waals surface area contributed by atoms with Gasteiger partial charge in [-0.15, -0.1) is 0 Å². The lowest BCUT2D eigenvalue weighted by Crippen LogP contribution is -1.88. The summed E-state index contributed by atoms with van der Waals surface area (Å²) in [5.74, 6) is 0.530. The van der Waals surface area contributed by atoms with Gasteiger partial charge in [0.2, 0.25) is 0 Å². The summed E-state index contributed by atoms with van der Waals surface area (Å²) in [7, 11) is 1.90. The molecule has 0 N–H and O–H groups in total. The van der Waals surface area contributed by atoms with E-state index in [0.717, 1.165) is 11.0 Å². The number of halogens is 2. The van der Waals surface area contributed by atoms with Gasteiger partial charge in [-0.1, -0.05) is 11.6 Å². The van der Waals surface area contributed by atoms with Gasteiger partial charge in [-0.2, -0.15) is 0 Å². The van der Waals surface area contributed by atoms with E-state index in [1.54, 1.807) is 18.5 Å². The Kier molecular flexibility index (Phi) is 2.87. The molecule has 0 fully saturated rings. The average molecular weight is 277 g/mol. The fourth-order valence-electron chi connectivity index (χ4n) is 1.85. The minimum Gasteiger partial charge on any atom is -0.457 e. The molecule has 3 aromatic rings. The molecule has 2 aromatic carbocycles. The summed E-state index contributed by atoms with van der Waals surface area (Å²) >= 11 is 5.63. The first-order valence-corrected chi connectivity index (χ1v) is 6.05. The Morgan fingerprint density at radius 2 is 1.89 bits per heavy atom. The van der Waals surface area contributed by atoms with Gasteiger partial charge >= 0.3 is 0 Å². The van der Waals surface area contributed by atoms with Gasteiger partial charge in [0.1, 0.15) is 17.3 Å². The highest BCUT2D eigenvalue weighted by molar-refractivity contribution is 6.30. The van der Waals surface area contributed by atoms with Crippen LogP contribution in [0.15, 0.2) is 42.7 Å². The maximum absolute atomic E-state index is 13.3. The van der Waals surface area contributed by atoms with E-state index in [4.69, 9.17) is 16.3 Å². The second-order valence-electron chi connectivity index (χ2n) is 4.18.